The number of hydrogen-bond acceptors (Lipinski definition) is 4. The number of rotatable bonds is 5. The van der Waals surface area contributed by atoms with E-state index in [1.165, 1.54) is 11.6 Å². The molecule has 7 heteroatoms. The van der Waals surface area contributed by atoms with Gasteiger partial charge in [-0.25, -0.2) is 5.06 Å². The molecule has 2 unspecified atom stereocenters. The lowest BCUT2D eigenvalue weighted by atomic mass is 10.4. The Morgan fingerprint density at radius 1 is 1.56 bits per heavy atom. The minimum atomic E-state index is -3.23. The highest BCUT2D eigenvalue weighted by Crippen LogP contribution is 2.42. The van der Waals surface area contributed by atoms with Gasteiger partial charge in [0.15, 0.2) is 0 Å². The maximum absolute atomic E-state index is 11.5. The molecule has 16 heavy (non-hydrogen) atoms. The first-order valence-electron chi connectivity index (χ1n) is 5.24. The number of carbonyl (C=O) groups is 1. The molecule has 0 heterocycles. The van der Waals surface area contributed by atoms with Crippen LogP contribution in [0, 0.1) is 0 Å². The molecular weight excluding hydrogens is 231 g/mol. The van der Waals surface area contributed by atoms with E-state index >= 15 is 0 Å². The van der Waals surface area contributed by atoms with Gasteiger partial charge in [0.05, 0.1) is 18.4 Å². The largest absolute Gasteiger partial charge is 0.343 e. The van der Waals surface area contributed by atoms with Gasteiger partial charge in [-0.2, -0.15) is 0 Å². The standard InChI is InChI=1S/C9H19N2O4P/c1-7(16(3,14)15)10(2)6-9(12)11(13)8-4-5-8/h7-8,13H,4-6H2,1-3H3,(H,14,15). The maximum Gasteiger partial charge on any atom is 0.260 e. The van der Waals surface area contributed by atoms with Crippen LogP contribution in [-0.4, -0.2) is 58.1 Å². The summed E-state index contributed by atoms with van der Waals surface area (Å²) in [4.78, 5) is 22.4. The molecule has 2 N–H and O–H groups in total. The highest BCUT2D eigenvalue weighted by atomic mass is 31.2. The zero-order chi connectivity index (χ0) is 12.5. The van der Waals surface area contributed by atoms with Gasteiger partial charge in [0, 0.05) is 6.66 Å². The Bertz CT molecular complexity index is 313. The van der Waals surface area contributed by atoms with Gasteiger partial charge in [0.1, 0.15) is 0 Å². The van der Waals surface area contributed by atoms with Gasteiger partial charge in [0.2, 0.25) is 7.37 Å². The van der Waals surface area contributed by atoms with Crippen molar-refractivity contribution in [2.24, 2.45) is 0 Å². The molecule has 0 aromatic heterocycles. The average molecular weight is 250 g/mol. The summed E-state index contributed by atoms with van der Waals surface area (Å²) in [6, 6.07) is -0.0567. The maximum atomic E-state index is 11.5. The lowest BCUT2D eigenvalue weighted by molar-refractivity contribution is -0.168. The molecule has 94 valence electrons. The fourth-order valence-corrected chi connectivity index (χ4v) is 2.12. The molecule has 6 nitrogen and oxygen atoms in total. The van der Waals surface area contributed by atoms with E-state index < -0.39 is 19.1 Å². The normalized spacial score (nSPS) is 21.6. The van der Waals surface area contributed by atoms with Crippen LogP contribution in [0.1, 0.15) is 19.8 Å². The number of likely N-dealkylation sites (N-methyl/N-ethyl adjacent to an activating group) is 1. The Balaban J connectivity index is 2.47. The summed E-state index contributed by atoms with van der Waals surface area (Å²) < 4.78 is 11.4. The summed E-state index contributed by atoms with van der Waals surface area (Å²) >= 11 is 0. The molecule has 0 aliphatic heterocycles. The zero-order valence-corrected chi connectivity index (χ0v) is 10.7. The fourth-order valence-electron chi connectivity index (χ4n) is 1.31. The van der Waals surface area contributed by atoms with Crippen molar-refractivity contribution in [2.45, 2.75) is 31.6 Å². The second-order valence-electron chi connectivity index (χ2n) is 4.46. The summed E-state index contributed by atoms with van der Waals surface area (Å²) in [5.41, 5.74) is 0. The molecular formula is C9H19N2O4P. The van der Waals surface area contributed by atoms with Crippen LogP contribution >= 0.6 is 7.37 Å². The van der Waals surface area contributed by atoms with Crippen molar-refractivity contribution in [3.63, 3.8) is 0 Å². The van der Waals surface area contributed by atoms with Gasteiger partial charge in [-0.15, -0.1) is 0 Å². The van der Waals surface area contributed by atoms with E-state index in [9.17, 15) is 19.5 Å². The van der Waals surface area contributed by atoms with Gasteiger partial charge < -0.3 is 4.89 Å². The lowest BCUT2D eigenvalue weighted by Gasteiger charge is -2.27. The summed E-state index contributed by atoms with van der Waals surface area (Å²) in [7, 11) is -1.64. The fraction of sp³-hybridized carbons (Fsp3) is 0.889. The number of hydroxylamine groups is 2. The summed E-state index contributed by atoms with van der Waals surface area (Å²) in [5.74, 6) is -1.02. The number of nitrogens with zero attached hydrogens (tertiary/aromatic N) is 2. The predicted molar refractivity (Wildman–Crippen MR) is 59.5 cm³/mol. The van der Waals surface area contributed by atoms with E-state index in [0.29, 0.717) is 0 Å². The van der Waals surface area contributed by atoms with Crippen molar-refractivity contribution in [1.82, 2.24) is 9.96 Å². The number of hydrogen-bond donors (Lipinski definition) is 2. The quantitative estimate of drug-likeness (QED) is 0.423. The second-order valence-corrected chi connectivity index (χ2v) is 7.09. The minimum absolute atomic E-state index is 0.0491. The third-order valence-corrected chi connectivity index (χ3v) is 4.65. The third kappa shape index (κ3) is 3.56. The average Bonchev–Trinajstić information content (AvgIpc) is 2.96. The first-order valence-corrected chi connectivity index (χ1v) is 7.42. The van der Waals surface area contributed by atoms with Crippen LogP contribution < -0.4 is 0 Å². The van der Waals surface area contributed by atoms with Gasteiger partial charge in [-0.1, -0.05) is 0 Å². The molecule has 0 bridgehead atoms. The van der Waals surface area contributed by atoms with Crippen LogP contribution in [-0.2, 0) is 9.36 Å². The lowest BCUT2D eigenvalue weighted by Crippen LogP contribution is -2.41. The molecule has 1 rings (SSSR count). The molecule has 0 spiro atoms. The SMILES string of the molecule is CC(N(C)CC(=O)N(O)C1CC1)P(C)(=O)O. The van der Waals surface area contributed by atoms with Gasteiger partial charge in [-0.3, -0.25) is 19.5 Å². The second kappa shape index (κ2) is 4.84. The Morgan fingerprint density at radius 2 is 2.06 bits per heavy atom. The highest BCUT2D eigenvalue weighted by molar-refractivity contribution is 7.57. The molecule has 1 aliphatic rings. The zero-order valence-electron chi connectivity index (χ0n) is 9.83. The van der Waals surface area contributed by atoms with Crippen molar-refractivity contribution in [3.8, 4) is 0 Å². The van der Waals surface area contributed by atoms with E-state index in [0.717, 1.165) is 17.9 Å². The summed E-state index contributed by atoms with van der Waals surface area (Å²) in [5, 5.41) is 10.2. The molecule has 1 aliphatic carbocycles. The van der Waals surface area contributed by atoms with Crippen molar-refractivity contribution < 1.29 is 19.5 Å². The monoisotopic (exact) mass is 250 g/mol. The molecule has 0 saturated heterocycles. The van der Waals surface area contributed by atoms with Crippen LogP contribution in [0.2, 0.25) is 0 Å². The van der Waals surface area contributed by atoms with E-state index in [2.05, 4.69) is 0 Å². The molecule has 2 atom stereocenters. The third-order valence-electron chi connectivity index (χ3n) is 2.86. The van der Waals surface area contributed by atoms with Crippen LogP contribution in [0.4, 0.5) is 0 Å². The van der Waals surface area contributed by atoms with Crippen LogP contribution in [0.15, 0.2) is 0 Å². The molecule has 1 fully saturated rings. The van der Waals surface area contributed by atoms with Gasteiger partial charge in [-0.05, 0) is 26.8 Å². The predicted octanol–water partition coefficient (Wildman–Crippen LogP) is 0.545. The van der Waals surface area contributed by atoms with E-state index in [1.54, 1.807) is 14.0 Å². The Morgan fingerprint density at radius 3 is 2.44 bits per heavy atom. The number of carbonyl (C=O) groups excluding carboxylic acids is 1. The van der Waals surface area contributed by atoms with Crippen molar-refractivity contribution in [1.29, 1.82) is 0 Å². The highest BCUT2D eigenvalue weighted by Gasteiger charge is 2.33. The molecule has 0 aromatic rings. The van der Waals surface area contributed by atoms with Crippen molar-refractivity contribution in [2.75, 3.05) is 20.3 Å². The first kappa shape index (κ1) is 13.6. The van der Waals surface area contributed by atoms with Crippen LogP contribution in [0.5, 0.6) is 0 Å². The Labute approximate surface area is 95.3 Å². The van der Waals surface area contributed by atoms with Crippen molar-refractivity contribution in [3.05, 3.63) is 0 Å². The van der Waals surface area contributed by atoms with Crippen LogP contribution in [0.25, 0.3) is 0 Å². The van der Waals surface area contributed by atoms with Crippen LogP contribution in [0.3, 0.4) is 0 Å². The number of amides is 1. The Kier molecular flexibility index (Phi) is 4.12. The smallest absolute Gasteiger partial charge is 0.260 e. The summed E-state index contributed by atoms with van der Waals surface area (Å²) in [6.45, 7) is 2.80. The van der Waals surface area contributed by atoms with Crippen molar-refractivity contribution >= 4 is 13.3 Å². The van der Waals surface area contributed by atoms with E-state index in [4.69, 9.17) is 0 Å². The molecule has 1 saturated carbocycles. The van der Waals surface area contributed by atoms with Gasteiger partial charge >= 0.3 is 0 Å². The molecule has 0 radical (unpaired) electrons. The molecule has 1 amide bonds. The summed E-state index contributed by atoms with van der Waals surface area (Å²) in [6.07, 6.45) is 1.65. The molecule has 0 aromatic carbocycles. The topological polar surface area (TPSA) is 81.1 Å². The van der Waals surface area contributed by atoms with Gasteiger partial charge in [0.25, 0.3) is 5.91 Å². The minimum Gasteiger partial charge on any atom is -0.343 e. The Hall–Kier alpha value is -0.420. The van der Waals surface area contributed by atoms with E-state index in [1.807, 2.05) is 0 Å². The first-order chi connectivity index (χ1) is 7.23. The van der Waals surface area contributed by atoms with E-state index in [-0.39, 0.29) is 12.6 Å².